The molecule has 0 aliphatic carbocycles. The smallest absolute Gasteiger partial charge is 0.307 e. The summed E-state index contributed by atoms with van der Waals surface area (Å²) in [5.41, 5.74) is 0. The lowest BCUT2D eigenvalue weighted by atomic mass is 10.0. The SMILES string of the molecule is COC(=O)CCNC(=O)CC(C)CC(=O)O. The highest BCUT2D eigenvalue weighted by Gasteiger charge is 2.12. The molecule has 1 atom stereocenters. The Bertz CT molecular complexity index is 264. The predicted octanol–water partition coefficient (Wildman–Crippen LogP) is 0.167. The topological polar surface area (TPSA) is 92.7 Å². The van der Waals surface area contributed by atoms with Crippen molar-refractivity contribution in [1.29, 1.82) is 0 Å². The number of carbonyl (C=O) groups is 3. The number of carboxylic acid groups (broad SMARTS) is 1. The van der Waals surface area contributed by atoms with Gasteiger partial charge < -0.3 is 15.2 Å². The molecule has 0 saturated carbocycles. The minimum Gasteiger partial charge on any atom is -0.481 e. The van der Waals surface area contributed by atoms with Crippen LogP contribution in [-0.2, 0) is 19.1 Å². The van der Waals surface area contributed by atoms with Crippen LogP contribution < -0.4 is 5.32 Å². The molecular weight excluding hydrogens is 214 g/mol. The molecule has 0 aromatic rings. The molecule has 0 spiro atoms. The zero-order valence-electron chi connectivity index (χ0n) is 9.49. The maximum Gasteiger partial charge on any atom is 0.307 e. The largest absolute Gasteiger partial charge is 0.481 e. The van der Waals surface area contributed by atoms with Gasteiger partial charge in [0.05, 0.1) is 13.5 Å². The summed E-state index contributed by atoms with van der Waals surface area (Å²) in [5.74, 6) is -1.78. The number of amides is 1. The molecule has 0 saturated heterocycles. The molecule has 0 aromatic carbocycles. The van der Waals surface area contributed by atoms with E-state index in [1.165, 1.54) is 7.11 Å². The molecule has 0 radical (unpaired) electrons. The Morgan fingerprint density at radius 3 is 2.44 bits per heavy atom. The lowest BCUT2D eigenvalue weighted by Crippen LogP contribution is -2.28. The standard InChI is InChI=1S/C10H17NO5/c1-7(6-9(13)14)5-8(12)11-4-3-10(15)16-2/h7H,3-6H2,1-2H3,(H,11,12)(H,13,14). The minimum atomic E-state index is -0.921. The van der Waals surface area contributed by atoms with Crippen LogP contribution in [0.2, 0.25) is 0 Å². The fourth-order valence-corrected chi connectivity index (χ4v) is 1.16. The van der Waals surface area contributed by atoms with Gasteiger partial charge in [-0.1, -0.05) is 6.92 Å². The van der Waals surface area contributed by atoms with E-state index in [4.69, 9.17) is 5.11 Å². The fraction of sp³-hybridized carbons (Fsp3) is 0.700. The van der Waals surface area contributed by atoms with Crippen molar-refractivity contribution in [1.82, 2.24) is 5.32 Å². The second-order valence-corrected chi connectivity index (χ2v) is 3.58. The number of methoxy groups -OCH3 is 1. The van der Waals surface area contributed by atoms with Gasteiger partial charge in [-0.15, -0.1) is 0 Å². The third-order valence-corrected chi connectivity index (χ3v) is 1.94. The lowest BCUT2D eigenvalue weighted by molar-refractivity contribution is -0.140. The normalized spacial score (nSPS) is 11.6. The first-order valence-corrected chi connectivity index (χ1v) is 5.01. The van der Waals surface area contributed by atoms with E-state index in [9.17, 15) is 14.4 Å². The third-order valence-electron chi connectivity index (χ3n) is 1.94. The van der Waals surface area contributed by atoms with Crippen molar-refractivity contribution < 1.29 is 24.2 Å². The second-order valence-electron chi connectivity index (χ2n) is 3.58. The quantitative estimate of drug-likeness (QED) is 0.609. The number of hydrogen-bond donors (Lipinski definition) is 2. The average molecular weight is 231 g/mol. The van der Waals surface area contributed by atoms with Crippen molar-refractivity contribution in [3.8, 4) is 0 Å². The monoisotopic (exact) mass is 231 g/mol. The van der Waals surface area contributed by atoms with Crippen molar-refractivity contribution in [2.24, 2.45) is 5.92 Å². The van der Waals surface area contributed by atoms with E-state index in [-0.39, 0.29) is 43.6 Å². The molecule has 16 heavy (non-hydrogen) atoms. The number of aliphatic carboxylic acids is 1. The Morgan fingerprint density at radius 1 is 1.31 bits per heavy atom. The van der Waals surface area contributed by atoms with Gasteiger partial charge in [0.2, 0.25) is 5.91 Å². The molecule has 1 amide bonds. The van der Waals surface area contributed by atoms with E-state index in [2.05, 4.69) is 10.1 Å². The number of carboxylic acids is 1. The Hall–Kier alpha value is -1.59. The molecule has 1 unspecified atom stereocenters. The summed E-state index contributed by atoms with van der Waals surface area (Å²) in [6.07, 6.45) is 0.230. The van der Waals surface area contributed by atoms with Gasteiger partial charge in [0, 0.05) is 19.4 Å². The zero-order valence-corrected chi connectivity index (χ0v) is 9.49. The van der Waals surface area contributed by atoms with Gasteiger partial charge in [-0.25, -0.2) is 0 Å². The predicted molar refractivity (Wildman–Crippen MR) is 55.7 cm³/mol. The van der Waals surface area contributed by atoms with Gasteiger partial charge in [-0.2, -0.15) is 0 Å². The maximum atomic E-state index is 11.2. The van der Waals surface area contributed by atoms with E-state index in [0.717, 1.165) is 0 Å². The molecule has 6 heteroatoms. The number of ether oxygens (including phenoxy) is 1. The zero-order chi connectivity index (χ0) is 12.6. The van der Waals surface area contributed by atoms with Crippen molar-refractivity contribution >= 4 is 17.8 Å². The van der Waals surface area contributed by atoms with E-state index in [1.807, 2.05) is 0 Å². The number of hydrogen-bond acceptors (Lipinski definition) is 4. The van der Waals surface area contributed by atoms with Gasteiger partial charge in [0.1, 0.15) is 0 Å². The van der Waals surface area contributed by atoms with E-state index >= 15 is 0 Å². The van der Waals surface area contributed by atoms with Crippen LogP contribution in [0.15, 0.2) is 0 Å². The molecule has 0 aliphatic rings. The van der Waals surface area contributed by atoms with Crippen LogP contribution in [-0.4, -0.2) is 36.6 Å². The molecule has 0 aromatic heterocycles. The van der Waals surface area contributed by atoms with Crippen molar-refractivity contribution in [3.05, 3.63) is 0 Å². The summed E-state index contributed by atoms with van der Waals surface area (Å²) in [4.78, 5) is 32.3. The minimum absolute atomic E-state index is 0.0373. The molecule has 0 heterocycles. The second kappa shape index (κ2) is 7.67. The number of nitrogens with one attached hydrogen (secondary N) is 1. The molecule has 0 bridgehead atoms. The number of carbonyl (C=O) groups excluding carboxylic acids is 2. The Labute approximate surface area is 94.0 Å². The number of esters is 1. The molecular formula is C10H17NO5. The Balaban J connectivity index is 3.66. The molecule has 0 aliphatic heterocycles. The third kappa shape index (κ3) is 7.78. The van der Waals surface area contributed by atoms with Crippen molar-refractivity contribution in [3.63, 3.8) is 0 Å². The summed E-state index contributed by atoms with van der Waals surface area (Å²) in [5, 5.41) is 11.0. The Morgan fingerprint density at radius 2 is 1.94 bits per heavy atom. The summed E-state index contributed by atoms with van der Waals surface area (Å²) in [6, 6.07) is 0. The van der Waals surface area contributed by atoms with Crippen LogP contribution in [0, 0.1) is 5.92 Å². The van der Waals surface area contributed by atoms with E-state index in [0.29, 0.717) is 0 Å². The van der Waals surface area contributed by atoms with Gasteiger partial charge in [0.15, 0.2) is 0 Å². The van der Waals surface area contributed by atoms with Crippen LogP contribution in [0.4, 0.5) is 0 Å². The Kier molecular flexibility index (Phi) is 6.91. The first kappa shape index (κ1) is 14.4. The maximum absolute atomic E-state index is 11.2. The molecule has 6 nitrogen and oxygen atoms in total. The average Bonchev–Trinajstić information content (AvgIpc) is 2.15. The van der Waals surface area contributed by atoms with Gasteiger partial charge in [-0.05, 0) is 5.92 Å². The molecule has 92 valence electrons. The number of rotatable bonds is 7. The highest BCUT2D eigenvalue weighted by atomic mass is 16.5. The van der Waals surface area contributed by atoms with Crippen molar-refractivity contribution in [2.75, 3.05) is 13.7 Å². The highest BCUT2D eigenvalue weighted by molar-refractivity contribution is 5.78. The lowest BCUT2D eigenvalue weighted by Gasteiger charge is -2.08. The van der Waals surface area contributed by atoms with Crippen LogP contribution in [0.5, 0.6) is 0 Å². The molecule has 0 rings (SSSR count). The van der Waals surface area contributed by atoms with Crippen LogP contribution in [0.1, 0.15) is 26.2 Å². The van der Waals surface area contributed by atoms with Gasteiger partial charge >= 0.3 is 11.9 Å². The van der Waals surface area contributed by atoms with E-state index < -0.39 is 5.97 Å². The summed E-state index contributed by atoms with van der Waals surface area (Å²) >= 11 is 0. The first-order valence-electron chi connectivity index (χ1n) is 5.01. The van der Waals surface area contributed by atoms with Gasteiger partial charge in [-0.3, -0.25) is 14.4 Å². The van der Waals surface area contributed by atoms with Gasteiger partial charge in [0.25, 0.3) is 0 Å². The summed E-state index contributed by atoms with van der Waals surface area (Å²) in [7, 11) is 1.28. The fourth-order valence-electron chi connectivity index (χ4n) is 1.16. The highest BCUT2D eigenvalue weighted by Crippen LogP contribution is 2.06. The summed E-state index contributed by atoms with van der Waals surface area (Å²) < 4.78 is 4.40. The van der Waals surface area contributed by atoms with Crippen LogP contribution in [0.25, 0.3) is 0 Å². The summed E-state index contributed by atoms with van der Waals surface area (Å²) in [6.45, 7) is 1.90. The van der Waals surface area contributed by atoms with E-state index in [1.54, 1.807) is 6.92 Å². The van der Waals surface area contributed by atoms with Crippen LogP contribution >= 0.6 is 0 Å². The molecule has 2 N–H and O–H groups in total. The molecule has 0 fully saturated rings. The van der Waals surface area contributed by atoms with Crippen LogP contribution in [0.3, 0.4) is 0 Å². The van der Waals surface area contributed by atoms with Crippen molar-refractivity contribution in [2.45, 2.75) is 26.2 Å². The first-order chi connectivity index (χ1) is 7.45.